The van der Waals surface area contributed by atoms with E-state index in [4.69, 9.17) is 9.47 Å². The Morgan fingerprint density at radius 2 is 2.21 bits per heavy atom. The van der Waals surface area contributed by atoms with E-state index in [0.717, 1.165) is 0 Å². The van der Waals surface area contributed by atoms with Gasteiger partial charge in [0.25, 0.3) is 0 Å². The predicted octanol–water partition coefficient (Wildman–Crippen LogP) is 2.60. The molecule has 0 aliphatic carbocycles. The second-order valence-corrected chi connectivity index (χ2v) is 4.19. The average molecular weight is 263 g/mol. The monoisotopic (exact) mass is 263 g/mol. The summed E-state index contributed by atoms with van der Waals surface area (Å²) in [4.78, 5) is 14.8. The van der Waals surface area contributed by atoms with Crippen molar-refractivity contribution in [3.63, 3.8) is 0 Å². The molecule has 1 heterocycles. The highest BCUT2D eigenvalue weighted by atomic mass is 19.1. The number of benzene rings is 1. The van der Waals surface area contributed by atoms with E-state index in [1.165, 1.54) is 12.1 Å². The standard InChI is InChI=1S/C14H14FNO3/c1-9(18-2)8-19-14-6-13-10(5-12(14)15)3-4-11(7-17)16-13/h3-7,9H,8H2,1-2H3/t9-/m0/s1. The molecule has 0 N–H and O–H groups in total. The fraction of sp³-hybridized carbons (Fsp3) is 0.286. The lowest BCUT2D eigenvalue weighted by Gasteiger charge is -2.12. The Morgan fingerprint density at radius 3 is 2.89 bits per heavy atom. The first-order valence-electron chi connectivity index (χ1n) is 5.85. The van der Waals surface area contributed by atoms with Crippen molar-refractivity contribution >= 4 is 17.2 Å². The zero-order valence-corrected chi connectivity index (χ0v) is 10.7. The third-order valence-corrected chi connectivity index (χ3v) is 2.76. The fourth-order valence-electron chi connectivity index (χ4n) is 1.59. The van der Waals surface area contributed by atoms with E-state index >= 15 is 0 Å². The summed E-state index contributed by atoms with van der Waals surface area (Å²) in [5.74, 6) is -0.358. The number of hydrogen-bond acceptors (Lipinski definition) is 4. The predicted molar refractivity (Wildman–Crippen MR) is 69.1 cm³/mol. The number of rotatable bonds is 5. The van der Waals surface area contributed by atoms with Crippen LogP contribution < -0.4 is 4.74 Å². The molecule has 0 aliphatic rings. The lowest BCUT2D eigenvalue weighted by molar-refractivity contribution is 0.0702. The number of carbonyl (C=O) groups excluding carboxylic acids is 1. The molecule has 100 valence electrons. The molecule has 2 aromatic rings. The molecule has 0 spiro atoms. The summed E-state index contributed by atoms with van der Waals surface area (Å²) in [7, 11) is 1.56. The largest absolute Gasteiger partial charge is 0.488 e. The minimum Gasteiger partial charge on any atom is -0.488 e. The summed E-state index contributed by atoms with van der Waals surface area (Å²) >= 11 is 0. The van der Waals surface area contributed by atoms with E-state index in [2.05, 4.69) is 4.98 Å². The summed E-state index contributed by atoms with van der Waals surface area (Å²) in [5, 5.41) is 0.621. The number of pyridine rings is 1. The third kappa shape index (κ3) is 3.06. The Kier molecular flexibility index (Phi) is 4.06. The number of ether oxygens (including phenoxy) is 2. The van der Waals surface area contributed by atoms with Gasteiger partial charge in [0.15, 0.2) is 17.9 Å². The number of nitrogens with zero attached hydrogens (tertiary/aromatic N) is 1. The van der Waals surface area contributed by atoms with Crippen LogP contribution in [0.15, 0.2) is 24.3 Å². The molecule has 19 heavy (non-hydrogen) atoms. The van der Waals surface area contributed by atoms with Crippen LogP contribution in [0.3, 0.4) is 0 Å². The SMILES string of the molecule is CO[C@@H](C)COc1cc2nc(C=O)ccc2cc1F. The molecular weight excluding hydrogens is 249 g/mol. The zero-order valence-electron chi connectivity index (χ0n) is 10.7. The van der Waals surface area contributed by atoms with Crippen LogP contribution in [0.25, 0.3) is 10.9 Å². The first kappa shape index (κ1) is 13.4. The van der Waals surface area contributed by atoms with Crippen LogP contribution in [0, 0.1) is 5.82 Å². The average Bonchev–Trinajstić information content (AvgIpc) is 2.44. The minimum atomic E-state index is -0.462. The van der Waals surface area contributed by atoms with Crippen molar-refractivity contribution in [2.45, 2.75) is 13.0 Å². The second-order valence-electron chi connectivity index (χ2n) is 4.19. The van der Waals surface area contributed by atoms with Gasteiger partial charge in [0, 0.05) is 18.6 Å². The lowest BCUT2D eigenvalue weighted by Crippen LogP contribution is -2.16. The van der Waals surface area contributed by atoms with Crippen molar-refractivity contribution in [2.24, 2.45) is 0 Å². The van der Waals surface area contributed by atoms with Gasteiger partial charge in [-0.3, -0.25) is 4.79 Å². The van der Waals surface area contributed by atoms with Gasteiger partial charge in [-0.25, -0.2) is 9.37 Å². The maximum Gasteiger partial charge on any atom is 0.168 e. The van der Waals surface area contributed by atoms with Crippen LogP contribution in [0.5, 0.6) is 5.75 Å². The molecule has 5 heteroatoms. The number of carbonyl (C=O) groups is 1. The molecule has 0 radical (unpaired) electrons. The van der Waals surface area contributed by atoms with Gasteiger partial charge >= 0.3 is 0 Å². The van der Waals surface area contributed by atoms with Gasteiger partial charge in [-0.2, -0.15) is 0 Å². The van der Waals surface area contributed by atoms with E-state index in [1.807, 2.05) is 6.92 Å². The van der Waals surface area contributed by atoms with E-state index in [-0.39, 0.29) is 18.5 Å². The highest BCUT2D eigenvalue weighted by Gasteiger charge is 2.09. The number of methoxy groups -OCH3 is 1. The molecule has 0 bridgehead atoms. The van der Waals surface area contributed by atoms with E-state index < -0.39 is 5.82 Å². The van der Waals surface area contributed by atoms with Crippen LogP contribution in [0.1, 0.15) is 17.4 Å². The van der Waals surface area contributed by atoms with Crippen molar-refractivity contribution in [1.29, 1.82) is 0 Å². The topological polar surface area (TPSA) is 48.4 Å². The van der Waals surface area contributed by atoms with Gasteiger partial charge in [0.2, 0.25) is 0 Å². The smallest absolute Gasteiger partial charge is 0.168 e. The van der Waals surface area contributed by atoms with Crippen LogP contribution >= 0.6 is 0 Å². The molecule has 1 aromatic heterocycles. The fourth-order valence-corrected chi connectivity index (χ4v) is 1.59. The van der Waals surface area contributed by atoms with Gasteiger partial charge in [0.05, 0.1) is 11.6 Å². The van der Waals surface area contributed by atoms with Crippen LogP contribution in [-0.4, -0.2) is 31.1 Å². The van der Waals surface area contributed by atoms with Crippen LogP contribution in [0.4, 0.5) is 4.39 Å². The van der Waals surface area contributed by atoms with Crippen molar-refractivity contribution in [1.82, 2.24) is 4.98 Å². The summed E-state index contributed by atoms with van der Waals surface area (Å²) < 4.78 is 24.2. The first-order valence-corrected chi connectivity index (χ1v) is 5.85. The van der Waals surface area contributed by atoms with Crippen molar-refractivity contribution in [2.75, 3.05) is 13.7 Å². The molecule has 4 nitrogen and oxygen atoms in total. The molecule has 0 unspecified atom stereocenters. The molecule has 1 aromatic carbocycles. The minimum absolute atomic E-state index is 0.104. The van der Waals surface area contributed by atoms with Gasteiger partial charge in [0.1, 0.15) is 12.3 Å². The number of aldehydes is 1. The van der Waals surface area contributed by atoms with E-state index in [9.17, 15) is 9.18 Å². The normalized spacial score (nSPS) is 12.4. The van der Waals surface area contributed by atoms with Gasteiger partial charge < -0.3 is 9.47 Å². The van der Waals surface area contributed by atoms with Crippen LogP contribution in [0.2, 0.25) is 0 Å². The zero-order chi connectivity index (χ0) is 13.8. The molecule has 0 saturated heterocycles. The number of halogens is 1. The van der Waals surface area contributed by atoms with Crippen molar-refractivity contribution in [3.8, 4) is 5.75 Å². The van der Waals surface area contributed by atoms with Crippen LogP contribution in [-0.2, 0) is 4.74 Å². The number of aromatic nitrogens is 1. The highest BCUT2D eigenvalue weighted by Crippen LogP contribution is 2.24. The second kappa shape index (κ2) is 5.75. The third-order valence-electron chi connectivity index (χ3n) is 2.76. The summed E-state index contributed by atoms with van der Waals surface area (Å²) in [6, 6.07) is 6.02. The molecule has 0 fully saturated rings. The van der Waals surface area contributed by atoms with Gasteiger partial charge in [-0.05, 0) is 19.1 Å². The molecule has 1 atom stereocenters. The Hall–Kier alpha value is -2.01. The Morgan fingerprint density at radius 1 is 1.42 bits per heavy atom. The Bertz CT molecular complexity index is 601. The molecule has 2 rings (SSSR count). The summed E-state index contributed by atoms with van der Waals surface area (Å²) in [5.41, 5.74) is 0.821. The van der Waals surface area contributed by atoms with E-state index in [0.29, 0.717) is 22.9 Å². The molecule has 0 amide bonds. The number of hydrogen-bond donors (Lipinski definition) is 0. The maximum absolute atomic E-state index is 13.8. The van der Waals surface area contributed by atoms with Crippen molar-refractivity contribution < 1.29 is 18.7 Å². The molecule has 0 saturated carbocycles. The van der Waals surface area contributed by atoms with Crippen molar-refractivity contribution in [3.05, 3.63) is 35.8 Å². The van der Waals surface area contributed by atoms with Gasteiger partial charge in [-0.15, -0.1) is 0 Å². The maximum atomic E-state index is 13.8. The molecular formula is C14H14FNO3. The quantitative estimate of drug-likeness (QED) is 0.778. The Balaban J connectivity index is 2.33. The Labute approximate surface area is 110 Å². The van der Waals surface area contributed by atoms with E-state index in [1.54, 1.807) is 19.2 Å². The number of fused-ring (bicyclic) bond motifs is 1. The lowest BCUT2D eigenvalue weighted by atomic mass is 10.2. The first-order chi connectivity index (χ1) is 9.13. The van der Waals surface area contributed by atoms with Gasteiger partial charge in [-0.1, -0.05) is 6.07 Å². The highest BCUT2D eigenvalue weighted by molar-refractivity contribution is 5.84. The summed E-state index contributed by atoms with van der Waals surface area (Å²) in [6.07, 6.45) is 0.514. The summed E-state index contributed by atoms with van der Waals surface area (Å²) in [6.45, 7) is 2.06. The molecule has 0 aliphatic heterocycles.